The van der Waals surface area contributed by atoms with Crippen LogP contribution in [-0.2, 0) is 0 Å². The molecular formula is C19H31N. The van der Waals surface area contributed by atoms with Crippen LogP contribution in [0, 0.1) is 11.3 Å². The fourth-order valence-electron chi connectivity index (χ4n) is 3.70. The van der Waals surface area contributed by atoms with Crippen LogP contribution >= 0.6 is 0 Å². The Bertz CT molecular complexity index is 430. The summed E-state index contributed by atoms with van der Waals surface area (Å²) in [7, 11) is 0. The third-order valence-electron chi connectivity index (χ3n) is 4.90. The van der Waals surface area contributed by atoms with E-state index in [1.54, 1.807) is 0 Å². The topological polar surface area (TPSA) is 12.0 Å². The highest BCUT2D eigenvalue weighted by molar-refractivity contribution is 5.26. The normalized spacial score (nSPS) is 26.9. The van der Waals surface area contributed by atoms with E-state index in [1.807, 2.05) is 0 Å². The van der Waals surface area contributed by atoms with Crippen molar-refractivity contribution in [2.75, 3.05) is 0 Å². The Balaban J connectivity index is 2.00. The van der Waals surface area contributed by atoms with Gasteiger partial charge in [-0.2, -0.15) is 0 Å². The summed E-state index contributed by atoms with van der Waals surface area (Å²) in [6.45, 7) is 14.0. The highest BCUT2D eigenvalue weighted by Crippen LogP contribution is 2.41. The van der Waals surface area contributed by atoms with E-state index in [2.05, 4.69) is 71.1 Å². The summed E-state index contributed by atoms with van der Waals surface area (Å²) in [5, 5.41) is 3.85. The number of benzene rings is 1. The fourth-order valence-corrected chi connectivity index (χ4v) is 3.70. The minimum atomic E-state index is 0.442. The average Bonchev–Trinajstić information content (AvgIpc) is 2.62. The largest absolute Gasteiger partial charge is 0.307 e. The Labute approximate surface area is 125 Å². The number of rotatable bonds is 4. The molecule has 0 heterocycles. The molecule has 1 aromatic rings. The molecule has 1 nitrogen and oxygen atoms in total. The molecule has 1 fully saturated rings. The van der Waals surface area contributed by atoms with Gasteiger partial charge in [-0.25, -0.2) is 0 Å². The maximum absolute atomic E-state index is 3.85. The summed E-state index contributed by atoms with van der Waals surface area (Å²) in [5.74, 6) is 1.39. The first-order valence-electron chi connectivity index (χ1n) is 8.14. The first-order valence-corrected chi connectivity index (χ1v) is 8.14. The van der Waals surface area contributed by atoms with Gasteiger partial charge in [-0.15, -0.1) is 0 Å². The van der Waals surface area contributed by atoms with E-state index in [9.17, 15) is 0 Å². The summed E-state index contributed by atoms with van der Waals surface area (Å²) < 4.78 is 0. The van der Waals surface area contributed by atoms with Gasteiger partial charge in [-0.3, -0.25) is 0 Å². The monoisotopic (exact) mass is 273 g/mol. The van der Waals surface area contributed by atoms with Gasteiger partial charge < -0.3 is 5.32 Å². The van der Waals surface area contributed by atoms with Gasteiger partial charge in [0.1, 0.15) is 0 Å². The number of nitrogens with one attached hydrogen (secondary N) is 1. The molecular weight excluding hydrogens is 242 g/mol. The van der Waals surface area contributed by atoms with Crippen LogP contribution < -0.4 is 5.32 Å². The third kappa shape index (κ3) is 3.63. The van der Waals surface area contributed by atoms with Crippen molar-refractivity contribution in [2.45, 2.75) is 72.4 Å². The van der Waals surface area contributed by atoms with Crippen LogP contribution in [0.4, 0.5) is 0 Å². The van der Waals surface area contributed by atoms with Crippen LogP contribution in [0.1, 0.15) is 77.5 Å². The Kier molecular flexibility index (Phi) is 4.59. The first kappa shape index (κ1) is 15.6. The number of hydrogen-bond acceptors (Lipinski definition) is 1. The van der Waals surface area contributed by atoms with Gasteiger partial charge in [0.2, 0.25) is 0 Å². The molecule has 0 aliphatic heterocycles. The van der Waals surface area contributed by atoms with Crippen molar-refractivity contribution in [3.8, 4) is 0 Å². The summed E-state index contributed by atoms with van der Waals surface area (Å²) in [5.41, 5.74) is 3.33. The highest BCUT2D eigenvalue weighted by Gasteiger charge is 2.36. The second-order valence-electron chi connectivity index (χ2n) is 7.87. The van der Waals surface area contributed by atoms with E-state index < -0.39 is 0 Å². The van der Waals surface area contributed by atoms with E-state index >= 15 is 0 Å². The minimum absolute atomic E-state index is 0.442. The molecule has 1 aromatic carbocycles. The lowest BCUT2D eigenvalue weighted by atomic mass is 9.91. The molecule has 1 aliphatic rings. The second-order valence-corrected chi connectivity index (χ2v) is 7.87. The molecule has 0 saturated heterocycles. The standard InChI is InChI=1S/C19H31N/c1-13(2)16-7-9-17(10-8-16)15(4)20-18-12-19(5,6)11-14(18)3/h7-10,13-15,18,20H,11-12H2,1-6H3. The average molecular weight is 273 g/mol. The smallest absolute Gasteiger partial charge is 0.0294 e. The minimum Gasteiger partial charge on any atom is -0.307 e. The molecule has 1 N–H and O–H groups in total. The van der Waals surface area contributed by atoms with Crippen LogP contribution in [0.2, 0.25) is 0 Å². The molecule has 1 heteroatoms. The molecule has 1 aliphatic carbocycles. The van der Waals surface area contributed by atoms with Crippen LogP contribution in [0.25, 0.3) is 0 Å². The Morgan fingerprint density at radius 1 is 1.00 bits per heavy atom. The Hall–Kier alpha value is -0.820. The van der Waals surface area contributed by atoms with Crippen molar-refractivity contribution in [3.63, 3.8) is 0 Å². The van der Waals surface area contributed by atoms with Gasteiger partial charge in [0.25, 0.3) is 0 Å². The van der Waals surface area contributed by atoms with E-state index in [1.165, 1.54) is 24.0 Å². The van der Waals surface area contributed by atoms with Crippen LogP contribution in [-0.4, -0.2) is 6.04 Å². The molecule has 2 rings (SSSR count). The Morgan fingerprint density at radius 2 is 1.55 bits per heavy atom. The zero-order chi connectivity index (χ0) is 14.9. The summed E-state index contributed by atoms with van der Waals surface area (Å²) in [6.07, 6.45) is 2.63. The lowest BCUT2D eigenvalue weighted by Gasteiger charge is -2.24. The highest BCUT2D eigenvalue weighted by atomic mass is 15.0. The van der Waals surface area contributed by atoms with E-state index in [4.69, 9.17) is 0 Å². The molecule has 112 valence electrons. The SMILES string of the molecule is CC(C)c1ccc(C(C)NC2CC(C)(C)CC2C)cc1. The van der Waals surface area contributed by atoms with Crippen LogP contribution in [0.5, 0.6) is 0 Å². The van der Waals surface area contributed by atoms with Crippen molar-refractivity contribution in [1.29, 1.82) is 0 Å². The molecule has 0 aromatic heterocycles. The fraction of sp³-hybridized carbons (Fsp3) is 0.684. The third-order valence-corrected chi connectivity index (χ3v) is 4.90. The summed E-state index contributed by atoms with van der Waals surface area (Å²) in [4.78, 5) is 0. The van der Waals surface area contributed by atoms with Gasteiger partial charge in [-0.05, 0) is 48.1 Å². The molecule has 20 heavy (non-hydrogen) atoms. The zero-order valence-corrected chi connectivity index (χ0v) is 14.0. The lowest BCUT2D eigenvalue weighted by molar-refractivity contribution is 0.356. The van der Waals surface area contributed by atoms with E-state index in [-0.39, 0.29) is 0 Å². The van der Waals surface area contributed by atoms with Crippen LogP contribution in [0.15, 0.2) is 24.3 Å². The van der Waals surface area contributed by atoms with Gasteiger partial charge in [0, 0.05) is 12.1 Å². The van der Waals surface area contributed by atoms with Gasteiger partial charge >= 0.3 is 0 Å². The van der Waals surface area contributed by atoms with Gasteiger partial charge in [-0.1, -0.05) is 58.9 Å². The van der Waals surface area contributed by atoms with Crippen molar-refractivity contribution in [3.05, 3.63) is 35.4 Å². The molecule has 3 unspecified atom stereocenters. The molecule has 0 spiro atoms. The summed E-state index contributed by atoms with van der Waals surface area (Å²) in [6, 6.07) is 10.2. The lowest BCUT2D eigenvalue weighted by Crippen LogP contribution is -2.33. The van der Waals surface area contributed by atoms with Gasteiger partial charge in [0.05, 0.1) is 0 Å². The molecule has 0 bridgehead atoms. The molecule has 1 saturated carbocycles. The molecule has 3 atom stereocenters. The number of hydrogen-bond donors (Lipinski definition) is 1. The summed E-state index contributed by atoms with van der Waals surface area (Å²) >= 11 is 0. The molecule has 0 radical (unpaired) electrons. The van der Waals surface area contributed by atoms with Crippen LogP contribution in [0.3, 0.4) is 0 Å². The predicted octanol–water partition coefficient (Wildman–Crippen LogP) is 5.29. The van der Waals surface area contributed by atoms with Crippen molar-refractivity contribution >= 4 is 0 Å². The zero-order valence-electron chi connectivity index (χ0n) is 14.0. The quantitative estimate of drug-likeness (QED) is 0.786. The van der Waals surface area contributed by atoms with E-state index in [0.29, 0.717) is 23.4 Å². The Morgan fingerprint density at radius 3 is 2.00 bits per heavy atom. The molecule has 0 amide bonds. The maximum atomic E-state index is 3.85. The van der Waals surface area contributed by atoms with Gasteiger partial charge in [0.15, 0.2) is 0 Å². The predicted molar refractivity (Wildman–Crippen MR) is 88.0 cm³/mol. The van der Waals surface area contributed by atoms with E-state index in [0.717, 1.165) is 5.92 Å². The van der Waals surface area contributed by atoms with Crippen molar-refractivity contribution in [1.82, 2.24) is 5.32 Å². The van der Waals surface area contributed by atoms with Crippen molar-refractivity contribution < 1.29 is 0 Å². The van der Waals surface area contributed by atoms with Crippen molar-refractivity contribution in [2.24, 2.45) is 11.3 Å². The maximum Gasteiger partial charge on any atom is 0.0294 e. The first-order chi connectivity index (χ1) is 9.28. The second kappa shape index (κ2) is 5.89.